The van der Waals surface area contributed by atoms with Crippen LogP contribution in [0.3, 0.4) is 0 Å². The van der Waals surface area contributed by atoms with Crippen LogP contribution in [0.5, 0.6) is 5.75 Å². The van der Waals surface area contributed by atoms with Gasteiger partial charge < -0.3 is 15.8 Å². The smallest absolute Gasteiger partial charge is 0.225 e. The second-order valence-corrected chi connectivity index (χ2v) is 3.88. The summed E-state index contributed by atoms with van der Waals surface area (Å²) < 4.78 is 5.32. The fraction of sp³-hybridized carbons (Fsp3) is 0.462. The van der Waals surface area contributed by atoms with Crippen LogP contribution in [0.1, 0.15) is 26.7 Å². The second kappa shape index (κ2) is 6.91. The van der Waals surface area contributed by atoms with Crippen molar-refractivity contribution in [2.45, 2.75) is 32.7 Å². The number of anilines is 1. The van der Waals surface area contributed by atoms with Gasteiger partial charge in [-0.25, -0.2) is 0 Å². The summed E-state index contributed by atoms with van der Waals surface area (Å²) in [5.74, 6) is 0.749. The molecule has 0 radical (unpaired) electrons. The zero-order chi connectivity index (χ0) is 12.7. The van der Waals surface area contributed by atoms with Crippen LogP contribution < -0.4 is 15.8 Å². The molecule has 3 N–H and O–H groups in total. The lowest BCUT2D eigenvalue weighted by atomic mass is 10.1. The normalized spacial score (nSPS) is 11.9. The van der Waals surface area contributed by atoms with Gasteiger partial charge in [0.1, 0.15) is 5.75 Å². The predicted molar refractivity (Wildman–Crippen MR) is 69.1 cm³/mol. The zero-order valence-corrected chi connectivity index (χ0v) is 10.4. The van der Waals surface area contributed by atoms with Crippen LogP contribution in [-0.4, -0.2) is 18.6 Å². The zero-order valence-electron chi connectivity index (χ0n) is 10.4. The van der Waals surface area contributed by atoms with E-state index in [0.29, 0.717) is 13.0 Å². The molecule has 1 aromatic carbocycles. The number of ether oxygens (including phenoxy) is 1. The number of rotatable bonds is 6. The molecule has 0 spiro atoms. The largest absolute Gasteiger partial charge is 0.494 e. The van der Waals surface area contributed by atoms with E-state index in [-0.39, 0.29) is 11.9 Å². The number of benzene rings is 1. The Balaban J connectivity index is 2.48. The van der Waals surface area contributed by atoms with Gasteiger partial charge in [0.05, 0.1) is 6.61 Å². The molecule has 0 heterocycles. The molecule has 1 amide bonds. The van der Waals surface area contributed by atoms with Gasteiger partial charge in [0.2, 0.25) is 5.91 Å². The van der Waals surface area contributed by atoms with Gasteiger partial charge in [-0.05, 0) is 37.6 Å². The molecular formula is C13H20N2O2. The maximum atomic E-state index is 11.6. The third-order valence-corrected chi connectivity index (χ3v) is 2.42. The molecule has 0 aliphatic rings. The first-order valence-electron chi connectivity index (χ1n) is 5.94. The molecule has 1 atom stereocenters. The Hall–Kier alpha value is -1.55. The van der Waals surface area contributed by atoms with Crippen LogP contribution in [0, 0.1) is 0 Å². The minimum atomic E-state index is -0.0716. The Morgan fingerprint density at radius 3 is 2.53 bits per heavy atom. The van der Waals surface area contributed by atoms with Crippen LogP contribution in [-0.2, 0) is 4.79 Å². The van der Waals surface area contributed by atoms with Crippen LogP contribution >= 0.6 is 0 Å². The first-order chi connectivity index (χ1) is 8.15. The summed E-state index contributed by atoms with van der Waals surface area (Å²) in [5.41, 5.74) is 6.48. The van der Waals surface area contributed by atoms with Gasteiger partial charge in [-0.3, -0.25) is 4.79 Å². The minimum absolute atomic E-state index is 0.0523. The van der Waals surface area contributed by atoms with Gasteiger partial charge in [0.15, 0.2) is 0 Å². The molecule has 4 heteroatoms. The highest BCUT2D eigenvalue weighted by Crippen LogP contribution is 2.15. The molecule has 0 aliphatic heterocycles. The molecule has 0 fully saturated rings. The Morgan fingerprint density at radius 2 is 2.00 bits per heavy atom. The van der Waals surface area contributed by atoms with Crippen LogP contribution in [0.25, 0.3) is 0 Å². The average Bonchev–Trinajstić information content (AvgIpc) is 2.31. The maximum Gasteiger partial charge on any atom is 0.225 e. The molecular weight excluding hydrogens is 216 g/mol. The number of nitrogens with one attached hydrogen (secondary N) is 1. The van der Waals surface area contributed by atoms with E-state index in [2.05, 4.69) is 5.32 Å². The quantitative estimate of drug-likeness (QED) is 0.795. The predicted octanol–water partition coefficient (Wildman–Crippen LogP) is 2.15. The number of carbonyl (C=O) groups is 1. The summed E-state index contributed by atoms with van der Waals surface area (Å²) in [6.07, 6.45) is 1.15. The number of nitrogens with two attached hydrogens (primary N) is 1. The summed E-state index contributed by atoms with van der Waals surface area (Å²) in [4.78, 5) is 11.6. The Bertz CT molecular complexity index is 349. The lowest BCUT2D eigenvalue weighted by Gasteiger charge is -2.10. The Morgan fingerprint density at radius 1 is 1.35 bits per heavy atom. The third-order valence-electron chi connectivity index (χ3n) is 2.42. The summed E-state index contributed by atoms with van der Waals surface area (Å²) in [7, 11) is 0. The van der Waals surface area contributed by atoms with E-state index in [1.807, 2.05) is 38.1 Å². The fourth-order valence-corrected chi connectivity index (χ4v) is 1.40. The van der Waals surface area contributed by atoms with E-state index in [9.17, 15) is 4.79 Å². The van der Waals surface area contributed by atoms with Crippen molar-refractivity contribution in [3.63, 3.8) is 0 Å². The first kappa shape index (κ1) is 13.5. The molecule has 0 aliphatic carbocycles. The van der Waals surface area contributed by atoms with Crippen molar-refractivity contribution in [3.05, 3.63) is 24.3 Å². The number of hydrogen-bond donors (Lipinski definition) is 2. The van der Waals surface area contributed by atoms with Crippen molar-refractivity contribution in [1.29, 1.82) is 0 Å². The van der Waals surface area contributed by atoms with E-state index in [4.69, 9.17) is 10.5 Å². The number of amides is 1. The standard InChI is InChI=1S/C13H20N2O2/c1-3-10(14)9-13(16)15-11-5-7-12(8-6-11)17-4-2/h5-8,10H,3-4,9,14H2,1-2H3,(H,15,16). The first-order valence-corrected chi connectivity index (χ1v) is 5.94. The molecule has 1 aromatic rings. The second-order valence-electron chi connectivity index (χ2n) is 3.88. The average molecular weight is 236 g/mol. The summed E-state index contributed by atoms with van der Waals surface area (Å²) in [6, 6.07) is 7.23. The number of carbonyl (C=O) groups excluding carboxylic acids is 1. The van der Waals surface area contributed by atoms with Crippen molar-refractivity contribution in [2.24, 2.45) is 5.73 Å². The number of hydrogen-bond acceptors (Lipinski definition) is 3. The molecule has 94 valence electrons. The van der Waals surface area contributed by atoms with Crippen LogP contribution in [0.4, 0.5) is 5.69 Å². The molecule has 1 unspecified atom stereocenters. The summed E-state index contributed by atoms with van der Waals surface area (Å²) >= 11 is 0. The molecule has 0 saturated carbocycles. The Kier molecular flexibility index (Phi) is 5.49. The van der Waals surface area contributed by atoms with Gasteiger partial charge in [-0.1, -0.05) is 6.92 Å². The highest BCUT2D eigenvalue weighted by atomic mass is 16.5. The van der Waals surface area contributed by atoms with E-state index >= 15 is 0 Å². The lowest BCUT2D eigenvalue weighted by molar-refractivity contribution is -0.116. The fourth-order valence-electron chi connectivity index (χ4n) is 1.40. The monoisotopic (exact) mass is 236 g/mol. The summed E-state index contributed by atoms with van der Waals surface area (Å²) in [5, 5.41) is 2.80. The van der Waals surface area contributed by atoms with Gasteiger partial charge in [-0.2, -0.15) is 0 Å². The SMILES string of the molecule is CCOc1ccc(NC(=O)CC(N)CC)cc1. The molecule has 0 saturated heterocycles. The van der Waals surface area contributed by atoms with E-state index < -0.39 is 0 Å². The van der Waals surface area contributed by atoms with Crippen LogP contribution in [0.2, 0.25) is 0 Å². The highest BCUT2D eigenvalue weighted by molar-refractivity contribution is 5.91. The molecule has 1 rings (SSSR count). The summed E-state index contributed by atoms with van der Waals surface area (Å²) in [6.45, 7) is 4.54. The van der Waals surface area contributed by atoms with Gasteiger partial charge in [0, 0.05) is 18.2 Å². The van der Waals surface area contributed by atoms with Crippen molar-refractivity contribution in [3.8, 4) is 5.75 Å². The third kappa shape index (κ3) is 4.87. The van der Waals surface area contributed by atoms with Crippen molar-refractivity contribution in [1.82, 2.24) is 0 Å². The van der Waals surface area contributed by atoms with Crippen molar-refractivity contribution >= 4 is 11.6 Å². The van der Waals surface area contributed by atoms with Crippen molar-refractivity contribution < 1.29 is 9.53 Å². The van der Waals surface area contributed by atoms with Crippen molar-refractivity contribution in [2.75, 3.05) is 11.9 Å². The van der Waals surface area contributed by atoms with Crippen LogP contribution in [0.15, 0.2) is 24.3 Å². The maximum absolute atomic E-state index is 11.6. The molecule has 0 bridgehead atoms. The highest BCUT2D eigenvalue weighted by Gasteiger charge is 2.07. The van der Waals surface area contributed by atoms with E-state index in [1.165, 1.54) is 0 Å². The molecule has 17 heavy (non-hydrogen) atoms. The molecule has 4 nitrogen and oxygen atoms in total. The minimum Gasteiger partial charge on any atom is -0.494 e. The Labute approximate surface area is 102 Å². The van der Waals surface area contributed by atoms with Gasteiger partial charge in [0.25, 0.3) is 0 Å². The van der Waals surface area contributed by atoms with Gasteiger partial charge >= 0.3 is 0 Å². The lowest BCUT2D eigenvalue weighted by Crippen LogP contribution is -2.26. The van der Waals surface area contributed by atoms with E-state index in [1.54, 1.807) is 0 Å². The molecule has 0 aromatic heterocycles. The van der Waals surface area contributed by atoms with Gasteiger partial charge in [-0.15, -0.1) is 0 Å². The van der Waals surface area contributed by atoms with E-state index in [0.717, 1.165) is 17.9 Å². The topological polar surface area (TPSA) is 64.3 Å².